The number of rotatable bonds is 12. The molecule has 188 valence electrons. The van der Waals surface area contributed by atoms with Crippen LogP contribution in [0.1, 0.15) is 29.9 Å². The molecule has 0 heterocycles. The number of benzene rings is 2. The van der Waals surface area contributed by atoms with E-state index in [0.717, 1.165) is 22.3 Å². The van der Waals surface area contributed by atoms with Crippen LogP contribution < -0.4 is 10.6 Å². The zero-order valence-corrected chi connectivity index (χ0v) is 21.1. The lowest BCUT2D eigenvalue weighted by atomic mass is 9.98. The summed E-state index contributed by atoms with van der Waals surface area (Å²) in [5.74, 6) is -1.10. The van der Waals surface area contributed by atoms with Gasteiger partial charge >= 0.3 is 12.1 Å². The van der Waals surface area contributed by atoms with Crippen molar-refractivity contribution in [3.05, 3.63) is 59.7 Å². The fraction of sp³-hybridized carbons (Fsp3) is 0.423. The summed E-state index contributed by atoms with van der Waals surface area (Å²) >= 11 is 1.54. The van der Waals surface area contributed by atoms with Gasteiger partial charge in [0.05, 0.1) is 0 Å². The number of carboxylic acid groups (broad SMARTS) is 1. The third-order valence-corrected chi connectivity index (χ3v) is 6.69. The molecule has 2 amide bonds. The molecule has 0 spiro atoms. The van der Waals surface area contributed by atoms with Gasteiger partial charge in [-0.25, -0.2) is 9.59 Å². The average molecular weight is 500 g/mol. The standard InChI is InChI=1S/C26H33N3O5S/c1-29(2)14-12-23(25(31)32)27-24(30)22(13-15-35-3)28-26(33)34-16-21-19-10-6-4-8-17(19)18-9-5-7-11-20(18)21/h4-11,21-23H,12-16H2,1-3H3,(H,27,30)(H,28,33)(H,31,32)/t22-,23?/m0/s1. The van der Waals surface area contributed by atoms with Crippen molar-refractivity contribution in [2.75, 3.05) is 39.3 Å². The lowest BCUT2D eigenvalue weighted by Crippen LogP contribution is -2.52. The lowest BCUT2D eigenvalue weighted by molar-refractivity contribution is -0.142. The van der Waals surface area contributed by atoms with Crippen LogP contribution in [0, 0.1) is 0 Å². The number of fused-ring (bicyclic) bond motifs is 3. The smallest absolute Gasteiger partial charge is 0.407 e. The van der Waals surface area contributed by atoms with Crippen molar-refractivity contribution < 1.29 is 24.2 Å². The van der Waals surface area contributed by atoms with E-state index in [1.807, 2.05) is 61.6 Å². The monoisotopic (exact) mass is 499 g/mol. The molecule has 0 radical (unpaired) electrons. The van der Waals surface area contributed by atoms with Crippen molar-refractivity contribution >= 4 is 29.7 Å². The van der Waals surface area contributed by atoms with Crippen molar-refractivity contribution in [1.82, 2.24) is 15.5 Å². The molecule has 0 bridgehead atoms. The van der Waals surface area contributed by atoms with Crippen molar-refractivity contribution in [2.24, 2.45) is 0 Å². The average Bonchev–Trinajstić information content (AvgIpc) is 3.16. The van der Waals surface area contributed by atoms with E-state index in [0.29, 0.717) is 18.7 Å². The van der Waals surface area contributed by atoms with E-state index in [2.05, 4.69) is 22.8 Å². The zero-order chi connectivity index (χ0) is 25.4. The Balaban J connectivity index is 1.63. The molecule has 9 heteroatoms. The highest BCUT2D eigenvalue weighted by atomic mass is 32.2. The highest BCUT2D eigenvalue weighted by Crippen LogP contribution is 2.44. The third kappa shape index (κ3) is 6.99. The van der Waals surface area contributed by atoms with Gasteiger partial charge in [-0.1, -0.05) is 48.5 Å². The summed E-state index contributed by atoms with van der Waals surface area (Å²) in [6.07, 6.45) is 1.82. The van der Waals surface area contributed by atoms with Crippen LogP contribution in [0.4, 0.5) is 4.79 Å². The van der Waals surface area contributed by atoms with Crippen LogP contribution in [-0.2, 0) is 14.3 Å². The van der Waals surface area contributed by atoms with Crippen LogP contribution in [0.2, 0.25) is 0 Å². The Hall–Kier alpha value is -3.04. The van der Waals surface area contributed by atoms with Gasteiger partial charge < -0.3 is 25.4 Å². The first-order valence-corrected chi connectivity index (χ1v) is 13.0. The highest BCUT2D eigenvalue weighted by molar-refractivity contribution is 7.98. The zero-order valence-electron chi connectivity index (χ0n) is 20.3. The van der Waals surface area contributed by atoms with Gasteiger partial charge in [0.15, 0.2) is 0 Å². The summed E-state index contributed by atoms with van der Waals surface area (Å²) in [6, 6.07) is 14.2. The molecule has 0 aromatic heterocycles. The second-order valence-electron chi connectivity index (χ2n) is 8.80. The molecular formula is C26H33N3O5S. The predicted octanol–water partition coefficient (Wildman–Crippen LogP) is 3.17. The normalized spacial score (nSPS) is 14.1. The quantitative estimate of drug-likeness (QED) is 0.412. The highest BCUT2D eigenvalue weighted by Gasteiger charge is 2.30. The van der Waals surface area contributed by atoms with Crippen LogP contribution in [0.15, 0.2) is 48.5 Å². The molecule has 0 fully saturated rings. The molecule has 2 atom stereocenters. The number of thioether (sulfide) groups is 1. The van der Waals surface area contributed by atoms with Crippen LogP contribution in [-0.4, -0.2) is 79.3 Å². The van der Waals surface area contributed by atoms with E-state index in [4.69, 9.17) is 4.74 Å². The SMILES string of the molecule is CSCC[C@H](NC(=O)OCC1c2ccccc2-c2ccccc21)C(=O)NC(CCN(C)C)C(=O)O. The number of carboxylic acids is 1. The minimum atomic E-state index is -1.11. The van der Waals surface area contributed by atoms with E-state index in [1.54, 1.807) is 0 Å². The topological polar surface area (TPSA) is 108 Å². The second kappa shape index (κ2) is 12.6. The summed E-state index contributed by atoms with van der Waals surface area (Å²) in [5, 5.41) is 14.7. The van der Waals surface area contributed by atoms with Crippen molar-refractivity contribution in [3.8, 4) is 11.1 Å². The van der Waals surface area contributed by atoms with Crippen molar-refractivity contribution in [1.29, 1.82) is 0 Å². The Labute approximate surface area is 210 Å². The van der Waals surface area contributed by atoms with Crippen molar-refractivity contribution in [3.63, 3.8) is 0 Å². The number of aliphatic carboxylic acids is 1. The molecule has 2 aromatic rings. The van der Waals surface area contributed by atoms with Gasteiger partial charge in [0, 0.05) is 12.5 Å². The molecule has 1 aliphatic rings. The maximum absolute atomic E-state index is 12.9. The number of nitrogens with zero attached hydrogens (tertiary/aromatic N) is 1. The molecule has 1 unspecified atom stereocenters. The first kappa shape index (κ1) is 26.6. The third-order valence-electron chi connectivity index (χ3n) is 6.04. The van der Waals surface area contributed by atoms with E-state index >= 15 is 0 Å². The first-order valence-electron chi connectivity index (χ1n) is 11.6. The molecule has 0 aliphatic heterocycles. The number of carbonyl (C=O) groups is 3. The number of alkyl carbamates (subject to hydrolysis) is 1. The van der Waals surface area contributed by atoms with Gasteiger partial charge in [-0.05, 0) is 61.2 Å². The molecule has 3 rings (SSSR count). The summed E-state index contributed by atoms with van der Waals surface area (Å²) in [4.78, 5) is 39.0. The van der Waals surface area contributed by atoms with Gasteiger partial charge in [0.1, 0.15) is 18.7 Å². The Bertz CT molecular complexity index is 1000. The Morgan fingerprint density at radius 2 is 1.57 bits per heavy atom. The van der Waals surface area contributed by atoms with Crippen LogP contribution in [0.3, 0.4) is 0 Å². The second-order valence-corrected chi connectivity index (χ2v) is 9.78. The van der Waals surface area contributed by atoms with E-state index in [9.17, 15) is 19.5 Å². The molecule has 3 N–H and O–H groups in total. The van der Waals surface area contributed by atoms with Crippen molar-refractivity contribution in [2.45, 2.75) is 30.8 Å². The lowest BCUT2D eigenvalue weighted by Gasteiger charge is -2.22. The van der Waals surface area contributed by atoms with Gasteiger partial charge in [0.25, 0.3) is 0 Å². The fourth-order valence-corrected chi connectivity index (χ4v) is 4.68. The summed E-state index contributed by atoms with van der Waals surface area (Å²) < 4.78 is 5.57. The molecule has 1 aliphatic carbocycles. The Morgan fingerprint density at radius 3 is 2.11 bits per heavy atom. The summed E-state index contributed by atoms with van der Waals surface area (Å²) in [7, 11) is 3.67. The predicted molar refractivity (Wildman–Crippen MR) is 138 cm³/mol. The minimum Gasteiger partial charge on any atom is -0.480 e. The van der Waals surface area contributed by atoms with Gasteiger partial charge in [-0.3, -0.25) is 4.79 Å². The molecule has 0 saturated carbocycles. The minimum absolute atomic E-state index is 0.0888. The fourth-order valence-electron chi connectivity index (χ4n) is 4.20. The number of carbonyl (C=O) groups excluding carboxylic acids is 2. The van der Waals surface area contributed by atoms with Gasteiger partial charge in [0.2, 0.25) is 5.91 Å². The molecule has 8 nitrogen and oxygen atoms in total. The van der Waals surface area contributed by atoms with E-state index < -0.39 is 30.1 Å². The number of nitrogens with one attached hydrogen (secondary N) is 2. The van der Waals surface area contributed by atoms with Crippen LogP contribution in [0.25, 0.3) is 11.1 Å². The maximum Gasteiger partial charge on any atom is 0.407 e. The largest absolute Gasteiger partial charge is 0.480 e. The Kier molecular flexibility index (Phi) is 9.56. The van der Waals surface area contributed by atoms with Crippen LogP contribution >= 0.6 is 11.8 Å². The molecule has 2 aromatic carbocycles. The molecule has 0 saturated heterocycles. The maximum atomic E-state index is 12.9. The summed E-state index contributed by atoms with van der Waals surface area (Å²) in [6.45, 7) is 0.643. The first-order chi connectivity index (χ1) is 16.8. The van der Waals surface area contributed by atoms with Gasteiger partial charge in [-0.2, -0.15) is 11.8 Å². The molecule has 35 heavy (non-hydrogen) atoms. The molecular weight excluding hydrogens is 466 g/mol. The number of ether oxygens (including phenoxy) is 1. The van der Waals surface area contributed by atoms with E-state index in [1.165, 1.54) is 11.8 Å². The number of hydrogen-bond donors (Lipinski definition) is 3. The van der Waals surface area contributed by atoms with Gasteiger partial charge in [-0.15, -0.1) is 0 Å². The number of amides is 2. The van der Waals surface area contributed by atoms with E-state index in [-0.39, 0.29) is 18.9 Å². The number of hydrogen-bond acceptors (Lipinski definition) is 6. The van der Waals surface area contributed by atoms with Crippen LogP contribution in [0.5, 0.6) is 0 Å². The summed E-state index contributed by atoms with van der Waals surface area (Å²) in [5.41, 5.74) is 4.46. The Morgan fingerprint density at radius 1 is 0.971 bits per heavy atom.